The summed E-state index contributed by atoms with van der Waals surface area (Å²) in [6, 6.07) is 8.23. The Morgan fingerprint density at radius 2 is 1.80 bits per heavy atom. The molecule has 0 saturated carbocycles. The van der Waals surface area contributed by atoms with Crippen molar-refractivity contribution < 1.29 is 18.1 Å². The van der Waals surface area contributed by atoms with Gasteiger partial charge in [-0.1, -0.05) is 11.6 Å². The van der Waals surface area contributed by atoms with Crippen LogP contribution in [0.25, 0.3) is 0 Å². The van der Waals surface area contributed by atoms with Crippen molar-refractivity contribution in [2.24, 2.45) is 0 Å². The van der Waals surface area contributed by atoms with E-state index in [9.17, 15) is 23.3 Å². The van der Waals surface area contributed by atoms with Crippen molar-refractivity contribution in [3.8, 4) is 0 Å². The van der Waals surface area contributed by atoms with Crippen LogP contribution in [0.4, 0.5) is 17.1 Å². The Morgan fingerprint density at radius 3 is 2.40 bits per heavy atom. The highest BCUT2D eigenvalue weighted by molar-refractivity contribution is 7.90. The quantitative estimate of drug-likeness (QED) is 0.548. The summed E-state index contributed by atoms with van der Waals surface area (Å²) < 4.78 is 23.8. The van der Waals surface area contributed by atoms with E-state index in [0.717, 1.165) is 56.3 Å². The maximum atomic E-state index is 12.9. The third kappa shape index (κ3) is 5.07. The number of nitro benzene ring substituents is 1. The topological polar surface area (TPSA) is 113 Å². The van der Waals surface area contributed by atoms with E-state index < -0.39 is 26.4 Å². The number of piperazine rings is 1. The van der Waals surface area contributed by atoms with E-state index in [1.807, 2.05) is 7.05 Å². The Kier molecular flexibility index (Phi) is 6.30. The molecule has 30 heavy (non-hydrogen) atoms. The lowest BCUT2D eigenvalue weighted by Crippen LogP contribution is -2.44. The lowest BCUT2D eigenvalue weighted by molar-refractivity contribution is -0.385. The molecular weight excluding hydrogens is 432 g/mol. The SMILES string of the molecule is CN1CCN(c2ccc(Cl)cc2NC(=O)c2cc([N+](=O)[O-])cc(S(C)(=O)=O)c2)CC1. The van der Waals surface area contributed by atoms with Crippen LogP contribution in [0.5, 0.6) is 0 Å². The van der Waals surface area contributed by atoms with Gasteiger partial charge in [-0.25, -0.2) is 8.42 Å². The summed E-state index contributed by atoms with van der Waals surface area (Å²) in [4.78, 5) is 27.3. The molecular formula is C19H21ClN4O5S. The normalized spacial score (nSPS) is 15.1. The Bertz CT molecular complexity index is 1100. The van der Waals surface area contributed by atoms with Gasteiger partial charge in [0.15, 0.2) is 9.84 Å². The van der Waals surface area contributed by atoms with Gasteiger partial charge in [-0.3, -0.25) is 14.9 Å². The molecule has 9 nitrogen and oxygen atoms in total. The minimum atomic E-state index is -3.74. The number of nitrogens with zero attached hydrogens (tertiary/aromatic N) is 3. The van der Waals surface area contributed by atoms with Crippen molar-refractivity contribution in [1.29, 1.82) is 0 Å². The summed E-state index contributed by atoms with van der Waals surface area (Å²) in [5, 5.41) is 14.3. The molecule has 2 aromatic carbocycles. The Hall–Kier alpha value is -2.69. The number of carbonyl (C=O) groups is 1. The molecule has 0 aromatic heterocycles. The highest BCUT2D eigenvalue weighted by Crippen LogP contribution is 2.31. The minimum absolute atomic E-state index is 0.131. The molecule has 1 fully saturated rings. The number of hydrogen-bond acceptors (Lipinski definition) is 7. The van der Waals surface area contributed by atoms with Crippen molar-refractivity contribution >= 4 is 44.4 Å². The van der Waals surface area contributed by atoms with Crippen LogP contribution in [-0.4, -0.2) is 63.6 Å². The van der Waals surface area contributed by atoms with Crippen molar-refractivity contribution in [1.82, 2.24) is 4.90 Å². The van der Waals surface area contributed by atoms with E-state index in [4.69, 9.17) is 11.6 Å². The van der Waals surface area contributed by atoms with Gasteiger partial charge >= 0.3 is 0 Å². The number of nitrogens with one attached hydrogen (secondary N) is 1. The molecule has 1 aliphatic rings. The number of anilines is 2. The molecule has 0 atom stereocenters. The van der Waals surface area contributed by atoms with Crippen LogP contribution in [0.3, 0.4) is 0 Å². The fraction of sp³-hybridized carbons (Fsp3) is 0.316. The summed E-state index contributed by atoms with van der Waals surface area (Å²) in [5.41, 5.74) is 0.612. The number of hydrogen-bond donors (Lipinski definition) is 1. The van der Waals surface area contributed by atoms with Crippen molar-refractivity contribution in [2.45, 2.75) is 4.90 Å². The lowest BCUT2D eigenvalue weighted by Gasteiger charge is -2.35. The van der Waals surface area contributed by atoms with Gasteiger partial charge in [-0.2, -0.15) is 0 Å². The maximum absolute atomic E-state index is 12.9. The molecule has 1 N–H and O–H groups in total. The fourth-order valence-electron chi connectivity index (χ4n) is 3.16. The molecule has 1 aliphatic heterocycles. The zero-order chi connectivity index (χ0) is 22.1. The first kappa shape index (κ1) is 22.0. The maximum Gasteiger partial charge on any atom is 0.271 e. The van der Waals surface area contributed by atoms with Crippen LogP contribution in [0.15, 0.2) is 41.3 Å². The van der Waals surface area contributed by atoms with E-state index in [-0.39, 0.29) is 10.5 Å². The molecule has 0 unspecified atom stereocenters. The molecule has 0 spiro atoms. The minimum Gasteiger partial charge on any atom is -0.367 e. The lowest BCUT2D eigenvalue weighted by atomic mass is 10.1. The molecule has 2 aromatic rings. The summed E-state index contributed by atoms with van der Waals surface area (Å²) in [7, 11) is -1.71. The molecule has 1 saturated heterocycles. The first-order valence-corrected chi connectivity index (χ1v) is 11.4. The van der Waals surface area contributed by atoms with Crippen LogP contribution in [0.2, 0.25) is 5.02 Å². The third-order valence-electron chi connectivity index (χ3n) is 4.84. The predicted molar refractivity (Wildman–Crippen MR) is 115 cm³/mol. The van der Waals surface area contributed by atoms with Gasteiger partial charge in [0.25, 0.3) is 11.6 Å². The first-order valence-electron chi connectivity index (χ1n) is 9.08. The average molecular weight is 453 g/mol. The number of halogens is 1. The van der Waals surface area contributed by atoms with Crippen LogP contribution in [0.1, 0.15) is 10.4 Å². The standard InChI is InChI=1S/C19H21ClN4O5S/c1-22-5-7-23(8-6-22)18-4-3-14(20)11-17(18)21-19(25)13-9-15(24(26)27)12-16(10-13)30(2,28)29/h3-4,9-12H,5-8H2,1-2H3,(H,21,25). The second-order valence-electron chi connectivity index (χ2n) is 7.15. The summed E-state index contributed by atoms with van der Waals surface area (Å²) in [6.45, 7) is 3.24. The van der Waals surface area contributed by atoms with Crippen LogP contribution < -0.4 is 10.2 Å². The molecule has 1 amide bonds. The van der Waals surface area contributed by atoms with Gasteiger partial charge < -0.3 is 15.1 Å². The average Bonchev–Trinajstić information content (AvgIpc) is 2.68. The number of amides is 1. The van der Waals surface area contributed by atoms with Crippen LogP contribution >= 0.6 is 11.6 Å². The number of likely N-dealkylation sites (N-methyl/N-ethyl adjacent to an activating group) is 1. The summed E-state index contributed by atoms with van der Waals surface area (Å²) in [5.74, 6) is -0.666. The number of rotatable bonds is 5. The largest absolute Gasteiger partial charge is 0.367 e. The highest BCUT2D eigenvalue weighted by atomic mass is 35.5. The fourth-order valence-corrected chi connectivity index (χ4v) is 4.01. The molecule has 0 radical (unpaired) electrons. The second-order valence-corrected chi connectivity index (χ2v) is 9.60. The Balaban J connectivity index is 1.95. The number of sulfone groups is 1. The van der Waals surface area contributed by atoms with Crippen LogP contribution in [0, 0.1) is 10.1 Å². The van der Waals surface area contributed by atoms with Gasteiger partial charge in [0.05, 0.1) is 21.2 Å². The molecule has 3 rings (SSSR count). The predicted octanol–water partition coefficient (Wildman–Crippen LogP) is 2.66. The van der Waals surface area contributed by atoms with Crippen LogP contribution in [-0.2, 0) is 9.84 Å². The first-order chi connectivity index (χ1) is 14.0. The van der Waals surface area contributed by atoms with E-state index in [2.05, 4.69) is 15.1 Å². The number of carbonyl (C=O) groups excluding carboxylic acids is 1. The molecule has 160 valence electrons. The van der Waals surface area contributed by atoms with Gasteiger partial charge in [0, 0.05) is 55.2 Å². The third-order valence-corrected chi connectivity index (χ3v) is 6.17. The molecule has 0 aliphatic carbocycles. The second kappa shape index (κ2) is 8.58. The highest BCUT2D eigenvalue weighted by Gasteiger charge is 2.22. The van der Waals surface area contributed by atoms with Gasteiger partial charge in [-0.15, -0.1) is 0 Å². The zero-order valence-electron chi connectivity index (χ0n) is 16.5. The van der Waals surface area contributed by atoms with E-state index in [1.54, 1.807) is 18.2 Å². The Morgan fingerprint density at radius 1 is 1.13 bits per heavy atom. The molecule has 11 heteroatoms. The van der Waals surface area contributed by atoms with Gasteiger partial charge in [-0.05, 0) is 31.3 Å². The summed E-state index contributed by atoms with van der Waals surface area (Å²) >= 11 is 6.11. The van der Waals surface area contributed by atoms with Gasteiger partial charge in [0.1, 0.15) is 0 Å². The molecule has 0 bridgehead atoms. The Labute approximate surface area is 179 Å². The van der Waals surface area contributed by atoms with Crippen molar-refractivity contribution in [2.75, 3.05) is 49.7 Å². The monoisotopic (exact) mass is 452 g/mol. The van der Waals surface area contributed by atoms with Crippen molar-refractivity contribution in [3.63, 3.8) is 0 Å². The number of non-ortho nitro benzene ring substituents is 1. The molecule has 1 heterocycles. The zero-order valence-corrected chi connectivity index (χ0v) is 18.0. The van der Waals surface area contributed by atoms with E-state index >= 15 is 0 Å². The summed E-state index contributed by atoms with van der Waals surface area (Å²) in [6.07, 6.45) is 0.927. The van der Waals surface area contributed by atoms with E-state index in [0.29, 0.717) is 10.7 Å². The van der Waals surface area contributed by atoms with Crippen molar-refractivity contribution in [3.05, 3.63) is 57.1 Å². The smallest absolute Gasteiger partial charge is 0.271 e. The number of nitro groups is 1. The van der Waals surface area contributed by atoms with E-state index in [1.165, 1.54) is 0 Å². The van der Waals surface area contributed by atoms with Gasteiger partial charge in [0.2, 0.25) is 0 Å². The number of benzene rings is 2.